The van der Waals surface area contributed by atoms with Gasteiger partial charge in [-0.2, -0.15) is 0 Å². The minimum Gasteiger partial charge on any atom is -0.480 e. The maximum absolute atomic E-state index is 11.5. The van der Waals surface area contributed by atoms with Crippen LogP contribution in [0.25, 0.3) is 0 Å². The topological polar surface area (TPSA) is 83.9 Å². The fraction of sp³-hybridized carbons (Fsp3) is 0.917. The minimum atomic E-state index is -2.99. The first-order valence-electron chi connectivity index (χ1n) is 6.74. The monoisotopic (exact) mass is 291 g/mol. The molecule has 2 unspecified atom stereocenters. The summed E-state index contributed by atoms with van der Waals surface area (Å²) in [7, 11) is -2.99. The molecule has 7 heteroatoms. The van der Waals surface area contributed by atoms with E-state index in [1.807, 2.05) is 0 Å². The highest BCUT2D eigenvalue weighted by atomic mass is 32.2. The lowest BCUT2D eigenvalue weighted by molar-refractivity contribution is -0.139. The molecule has 6 nitrogen and oxygen atoms in total. The first-order valence-corrected chi connectivity index (χ1v) is 8.56. The van der Waals surface area contributed by atoms with Crippen molar-refractivity contribution in [1.82, 2.24) is 4.90 Å². The van der Waals surface area contributed by atoms with Crippen LogP contribution in [0.1, 0.15) is 25.7 Å². The van der Waals surface area contributed by atoms with Gasteiger partial charge in [0.25, 0.3) is 0 Å². The molecule has 0 aliphatic carbocycles. The van der Waals surface area contributed by atoms with Gasteiger partial charge in [0.1, 0.15) is 0 Å². The molecule has 0 bridgehead atoms. The number of carboxylic acids is 1. The van der Waals surface area contributed by atoms with Crippen molar-refractivity contribution in [2.75, 3.05) is 31.2 Å². The molecule has 19 heavy (non-hydrogen) atoms. The van der Waals surface area contributed by atoms with E-state index in [9.17, 15) is 13.2 Å². The van der Waals surface area contributed by atoms with Crippen LogP contribution in [-0.4, -0.2) is 67.7 Å². The van der Waals surface area contributed by atoms with E-state index in [1.54, 1.807) is 4.90 Å². The summed E-state index contributed by atoms with van der Waals surface area (Å²) in [6.45, 7) is 1.13. The maximum atomic E-state index is 11.5. The quantitative estimate of drug-likeness (QED) is 0.775. The highest BCUT2D eigenvalue weighted by Gasteiger charge is 2.34. The molecule has 0 aromatic carbocycles. The predicted molar refractivity (Wildman–Crippen MR) is 69.9 cm³/mol. The number of aliphatic carboxylic acids is 1. The Morgan fingerprint density at radius 3 is 2.63 bits per heavy atom. The van der Waals surface area contributed by atoms with Crippen molar-refractivity contribution < 1.29 is 23.1 Å². The number of hydrogen-bond acceptors (Lipinski definition) is 5. The van der Waals surface area contributed by atoms with Gasteiger partial charge in [-0.25, -0.2) is 8.42 Å². The van der Waals surface area contributed by atoms with Crippen molar-refractivity contribution in [3.05, 3.63) is 0 Å². The van der Waals surface area contributed by atoms with Gasteiger partial charge in [0.15, 0.2) is 9.84 Å². The Hall–Kier alpha value is -0.660. The van der Waals surface area contributed by atoms with E-state index in [4.69, 9.17) is 9.84 Å². The second-order valence-corrected chi connectivity index (χ2v) is 7.60. The third kappa shape index (κ3) is 4.43. The summed E-state index contributed by atoms with van der Waals surface area (Å²) in [6, 6.07) is -0.174. The van der Waals surface area contributed by atoms with Crippen molar-refractivity contribution in [2.45, 2.75) is 37.8 Å². The van der Waals surface area contributed by atoms with E-state index in [0.717, 1.165) is 19.3 Å². The molecule has 2 aliphatic rings. The van der Waals surface area contributed by atoms with Crippen LogP contribution in [0.2, 0.25) is 0 Å². The summed E-state index contributed by atoms with van der Waals surface area (Å²) < 4.78 is 28.7. The Kier molecular flexibility index (Phi) is 4.81. The van der Waals surface area contributed by atoms with E-state index < -0.39 is 15.8 Å². The van der Waals surface area contributed by atoms with Crippen LogP contribution in [0.4, 0.5) is 0 Å². The average molecular weight is 291 g/mol. The van der Waals surface area contributed by atoms with Gasteiger partial charge in [0.05, 0.1) is 24.2 Å². The molecular formula is C12H21NO5S. The smallest absolute Gasteiger partial charge is 0.317 e. The number of sulfone groups is 1. The Morgan fingerprint density at radius 2 is 2.11 bits per heavy atom. The number of carboxylic acid groups (broad SMARTS) is 1. The molecule has 0 aromatic rings. The van der Waals surface area contributed by atoms with Crippen LogP contribution >= 0.6 is 0 Å². The highest BCUT2D eigenvalue weighted by molar-refractivity contribution is 7.91. The zero-order valence-electron chi connectivity index (χ0n) is 11.0. The zero-order valence-corrected chi connectivity index (χ0v) is 11.8. The summed E-state index contributed by atoms with van der Waals surface area (Å²) in [6.07, 6.45) is 3.64. The summed E-state index contributed by atoms with van der Waals surface area (Å²) in [5.74, 6) is -0.674. The fourth-order valence-electron chi connectivity index (χ4n) is 2.79. The number of ether oxygens (including phenoxy) is 1. The van der Waals surface area contributed by atoms with Gasteiger partial charge in [-0.3, -0.25) is 9.69 Å². The fourth-order valence-corrected chi connectivity index (χ4v) is 4.55. The van der Waals surface area contributed by atoms with Crippen molar-refractivity contribution in [2.24, 2.45) is 0 Å². The molecule has 2 rings (SSSR count). The molecular weight excluding hydrogens is 270 g/mol. The Morgan fingerprint density at radius 1 is 1.32 bits per heavy atom. The molecule has 2 aliphatic heterocycles. The average Bonchev–Trinajstić information content (AvgIpc) is 2.70. The number of hydrogen-bond donors (Lipinski definition) is 1. The van der Waals surface area contributed by atoms with Crippen LogP contribution < -0.4 is 0 Å². The largest absolute Gasteiger partial charge is 0.480 e. The van der Waals surface area contributed by atoms with Crippen LogP contribution in [0.15, 0.2) is 0 Å². The summed E-state index contributed by atoms with van der Waals surface area (Å²) >= 11 is 0. The number of carbonyl (C=O) groups is 1. The summed E-state index contributed by atoms with van der Waals surface area (Å²) in [5.41, 5.74) is 0. The van der Waals surface area contributed by atoms with Gasteiger partial charge in [-0.1, -0.05) is 0 Å². The molecule has 0 radical (unpaired) electrons. The number of nitrogens with zero attached hydrogens (tertiary/aromatic N) is 1. The molecule has 110 valence electrons. The molecule has 2 heterocycles. The Balaban J connectivity index is 1.97. The van der Waals surface area contributed by atoms with Gasteiger partial charge < -0.3 is 9.84 Å². The van der Waals surface area contributed by atoms with E-state index >= 15 is 0 Å². The minimum absolute atomic E-state index is 0.0383. The predicted octanol–water partition coefficient (Wildman–Crippen LogP) is 0.129. The summed E-state index contributed by atoms with van der Waals surface area (Å²) in [5, 5.41) is 8.97. The Bertz CT molecular complexity index is 416. The van der Waals surface area contributed by atoms with E-state index in [0.29, 0.717) is 19.6 Å². The Labute approximate surface area is 113 Å². The molecule has 2 atom stereocenters. The van der Waals surface area contributed by atoms with Crippen molar-refractivity contribution in [1.29, 1.82) is 0 Å². The molecule has 0 amide bonds. The van der Waals surface area contributed by atoms with Crippen LogP contribution in [0.3, 0.4) is 0 Å². The van der Waals surface area contributed by atoms with Crippen molar-refractivity contribution >= 4 is 15.8 Å². The number of rotatable bonds is 5. The molecule has 0 aromatic heterocycles. The lowest BCUT2D eigenvalue weighted by atomic mass is 10.1. The lowest BCUT2D eigenvalue weighted by Gasteiger charge is -2.32. The third-order valence-corrected chi connectivity index (χ3v) is 5.53. The molecule has 0 saturated carbocycles. The van der Waals surface area contributed by atoms with E-state index in [1.165, 1.54) is 0 Å². The standard InChI is InChI=1S/C12H21NO5S/c14-12(15)8-13(7-11-3-1-2-5-18-11)10-4-6-19(16,17)9-10/h10-11H,1-9H2,(H,14,15). The second kappa shape index (κ2) is 6.19. The van der Waals surface area contributed by atoms with Gasteiger partial charge >= 0.3 is 5.97 Å². The third-order valence-electron chi connectivity index (χ3n) is 3.78. The van der Waals surface area contributed by atoms with Gasteiger partial charge in [0.2, 0.25) is 0 Å². The molecule has 2 saturated heterocycles. The molecule has 2 fully saturated rings. The van der Waals surface area contributed by atoms with E-state index in [-0.39, 0.29) is 30.2 Å². The molecule has 1 N–H and O–H groups in total. The molecule has 0 spiro atoms. The second-order valence-electron chi connectivity index (χ2n) is 5.37. The van der Waals surface area contributed by atoms with Gasteiger partial charge in [-0.15, -0.1) is 0 Å². The SMILES string of the molecule is O=C(O)CN(CC1CCCCO1)C1CCS(=O)(=O)C1. The van der Waals surface area contributed by atoms with Crippen LogP contribution in [0, 0.1) is 0 Å². The van der Waals surface area contributed by atoms with Crippen molar-refractivity contribution in [3.63, 3.8) is 0 Å². The van der Waals surface area contributed by atoms with Crippen LogP contribution in [-0.2, 0) is 19.4 Å². The maximum Gasteiger partial charge on any atom is 0.317 e. The van der Waals surface area contributed by atoms with Gasteiger partial charge in [-0.05, 0) is 25.7 Å². The normalized spacial score (nSPS) is 30.6. The van der Waals surface area contributed by atoms with Crippen LogP contribution in [0.5, 0.6) is 0 Å². The zero-order chi connectivity index (χ0) is 13.9. The highest BCUT2D eigenvalue weighted by Crippen LogP contribution is 2.21. The van der Waals surface area contributed by atoms with E-state index in [2.05, 4.69) is 0 Å². The summed E-state index contributed by atoms with van der Waals surface area (Å²) in [4.78, 5) is 12.7. The first-order chi connectivity index (χ1) is 8.96. The lowest BCUT2D eigenvalue weighted by Crippen LogP contribution is -2.45. The first kappa shape index (κ1) is 14.7. The van der Waals surface area contributed by atoms with Crippen molar-refractivity contribution in [3.8, 4) is 0 Å². The van der Waals surface area contributed by atoms with Gasteiger partial charge in [0, 0.05) is 19.2 Å².